The smallest absolute Gasteiger partial charge is 0.234 e. The number of hydrogen-bond acceptors (Lipinski definition) is 0. The van der Waals surface area contributed by atoms with Crippen LogP contribution >= 0.6 is 0 Å². The van der Waals surface area contributed by atoms with Crippen molar-refractivity contribution < 1.29 is 4.57 Å². The van der Waals surface area contributed by atoms with E-state index in [0.29, 0.717) is 6.04 Å². The van der Waals surface area contributed by atoms with Gasteiger partial charge in [0, 0.05) is 6.42 Å². The van der Waals surface area contributed by atoms with Gasteiger partial charge in [-0.2, -0.15) is 0 Å². The summed E-state index contributed by atoms with van der Waals surface area (Å²) in [5, 5.41) is 0. The second-order valence-electron chi connectivity index (χ2n) is 9.82. The summed E-state index contributed by atoms with van der Waals surface area (Å²) < 4.78 is 5.00. The lowest BCUT2D eigenvalue weighted by Gasteiger charge is -2.07. The van der Waals surface area contributed by atoms with Crippen molar-refractivity contribution in [2.75, 3.05) is 0 Å². The van der Waals surface area contributed by atoms with E-state index in [1.165, 1.54) is 134 Å². The van der Waals surface area contributed by atoms with E-state index in [1.54, 1.807) is 0 Å². The fraction of sp³-hybridized carbons (Fsp3) is 0.893. The molecule has 0 unspecified atom stereocenters. The summed E-state index contributed by atoms with van der Waals surface area (Å²) in [6.07, 6.45) is 31.5. The molecule has 0 fully saturated rings. The van der Waals surface area contributed by atoms with Gasteiger partial charge >= 0.3 is 0 Å². The zero-order chi connectivity index (χ0) is 21.9. The molecule has 0 spiro atoms. The predicted molar refractivity (Wildman–Crippen MR) is 133 cm³/mol. The average Bonchev–Trinajstić information content (AvgIpc) is 3.14. The summed E-state index contributed by atoms with van der Waals surface area (Å²) in [4.78, 5) is 0. The van der Waals surface area contributed by atoms with Gasteiger partial charge in [0.1, 0.15) is 12.4 Å². The number of aryl methyl sites for hydroxylation is 1. The number of unbranched alkanes of at least 4 members (excludes halogenated alkanes) is 16. The molecule has 1 rings (SSSR count). The molecule has 2 nitrogen and oxygen atoms in total. The molecule has 1 aromatic heterocycles. The summed E-state index contributed by atoms with van der Waals surface area (Å²) in [6.45, 7) is 10.4. The minimum Gasteiger partial charge on any atom is -0.234 e. The number of rotatable bonds is 21. The van der Waals surface area contributed by atoms with E-state index >= 15 is 0 Å². The fourth-order valence-electron chi connectivity index (χ4n) is 4.58. The quantitative estimate of drug-likeness (QED) is 0.139. The highest BCUT2D eigenvalue weighted by molar-refractivity contribution is 4.86. The van der Waals surface area contributed by atoms with Crippen LogP contribution in [0.25, 0.3) is 0 Å². The summed E-state index contributed by atoms with van der Waals surface area (Å²) in [7, 11) is 0. The van der Waals surface area contributed by atoms with Gasteiger partial charge in [-0.05, 0) is 33.1 Å². The van der Waals surface area contributed by atoms with Crippen molar-refractivity contribution in [3.05, 3.63) is 18.2 Å². The van der Waals surface area contributed by atoms with Gasteiger partial charge in [0.05, 0.1) is 12.6 Å². The first-order valence-corrected chi connectivity index (χ1v) is 13.8. The van der Waals surface area contributed by atoms with Crippen LogP contribution in [0.2, 0.25) is 0 Å². The minimum absolute atomic E-state index is 0.573. The van der Waals surface area contributed by atoms with Crippen molar-refractivity contribution in [3.8, 4) is 0 Å². The molecular weight excluding hydrogens is 364 g/mol. The van der Waals surface area contributed by atoms with Crippen molar-refractivity contribution in [1.82, 2.24) is 4.57 Å². The van der Waals surface area contributed by atoms with Crippen LogP contribution in [0.15, 0.2) is 12.4 Å². The Morgan fingerprint density at radius 3 is 1.50 bits per heavy atom. The molecule has 0 aliphatic carbocycles. The molecule has 0 aliphatic heterocycles. The maximum Gasteiger partial charge on any atom is 0.256 e. The molecule has 0 amide bonds. The number of hydrogen-bond donors (Lipinski definition) is 0. The number of nitrogens with zero attached hydrogens (tertiary/aromatic N) is 2. The minimum atomic E-state index is 0.573. The van der Waals surface area contributed by atoms with Gasteiger partial charge in [-0.15, -0.1) is 0 Å². The second-order valence-corrected chi connectivity index (χ2v) is 9.82. The highest BCUT2D eigenvalue weighted by Gasteiger charge is 2.18. The Morgan fingerprint density at radius 1 is 0.633 bits per heavy atom. The second kappa shape index (κ2) is 18.9. The zero-order valence-corrected chi connectivity index (χ0v) is 21.3. The number of aromatic nitrogens is 2. The SMILES string of the molecule is CCCCCCCCCCCCCCCCCC[n+]1ccn(C(C)C)c1CCCC. The van der Waals surface area contributed by atoms with Gasteiger partial charge in [-0.25, -0.2) is 9.13 Å². The Morgan fingerprint density at radius 2 is 1.07 bits per heavy atom. The van der Waals surface area contributed by atoms with Crippen molar-refractivity contribution >= 4 is 0 Å². The first-order valence-electron chi connectivity index (χ1n) is 13.8. The Bertz CT molecular complexity index is 489. The van der Waals surface area contributed by atoms with E-state index in [4.69, 9.17) is 0 Å². The Balaban J connectivity index is 1.96. The van der Waals surface area contributed by atoms with E-state index < -0.39 is 0 Å². The van der Waals surface area contributed by atoms with Crippen LogP contribution in [0.1, 0.15) is 155 Å². The number of imidazole rings is 1. The third kappa shape index (κ3) is 12.8. The van der Waals surface area contributed by atoms with E-state index in [9.17, 15) is 0 Å². The van der Waals surface area contributed by atoms with Gasteiger partial charge in [-0.3, -0.25) is 0 Å². The highest BCUT2D eigenvalue weighted by Crippen LogP contribution is 2.14. The molecule has 0 aliphatic rings. The van der Waals surface area contributed by atoms with Crippen LogP contribution in [0.3, 0.4) is 0 Å². The highest BCUT2D eigenvalue weighted by atomic mass is 15.2. The lowest BCUT2D eigenvalue weighted by molar-refractivity contribution is -0.704. The standard InChI is InChI=1S/C28H55N2/c1-5-7-9-10-11-12-13-14-15-16-17-18-19-20-21-22-24-29-25-26-30(27(3)4)28(29)23-8-6-2/h25-27H,5-24H2,1-4H3/q+1. The lowest BCUT2D eigenvalue weighted by atomic mass is 10.0. The first kappa shape index (κ1) is 27.2. The average molecular weight is 420 g/mol. The molecule has 0 bridgehead atoms. The molecule has 0 aromatic carbocycles. The molecule has 0 N–H and O–H groups in total. The molecular formula is C28H55N2+. The van der Waals surface area contributed by atoms with E-state index in [2.05, 4.69) is 49.2 Å². The molecule has 1 heterocycles. The topological polar surface area (TPSA) is 8.81 Å². The van der Waals surface area contributed by atoms with Crippen LogP contribution in [-0.4, -0.2) is 4.57 Å². The summed E-state index contributed by atoms with van der Waals surface area (Å²) >= 11 is 0. The summed E-state index contributed by atoms with van der Waals surface area (Å²) in [5.74, 6) is 1.54. The van der Waals surface area contributed by atoms with Gasteiger partial charge in [0.2, 0.25) is 0 Å². The van der Waals surface area contributed by atoms with Crippen LogP contribution in [0.5, 0.6) is 0 Å². The Kier molecular flexibility index (Phi) is 17.2. The van der Waals surface area contributed by atoms with Gasteiger partial charge in [0.15, 0.2) is 0 Å². The van der Waals surface area contributed by atoms with Crippen LogP contribution < -0.4 is 4.57 Å². The van der Waals surface area contributed by atoms with Crippen LogP contribution in [-0.2, 0) is 13.0 Å². The normalized spacial score (nSPS) is 11.6. The Labute approximate surface area is 189 Å². The molecule has 0 saturated carbocycles. The molecule has 2 heteroatoms. The van der Waals surface area contributed by atoms with Crippen molar-refractivity contribution in [1.29, 1.82) is 0 Å². The predicted octanol–water partition coefficient (Wildman–Crippen LogP) is 8.96. The molecule has 0 atom stereocenters. The van der Waals surface area contributed by atoms with Crippen LogP contribution in [0, 0.1) is 0 Å². The third-order valence-electron chi connectivity index (χ3n) is 6.60. The monoisotopic (exact) mass is 419 g/mol. The van der Waals surface area contributed by atoms with Gasteiger partial charge in [-0.1, -0.05) is 110 Å². The van der Waals surface area contributed by atoms with Gasteiger partial charge in [0.25, 0.3) is 5.82 Å². The zero-order valence-electron chi connectivity index (χ0n) is 21.3. The van der Waals surface area contributed by atoms with E-state index in [1.807, 2.05) is 0 Å². The maximum absolute atomic E-state index is 2.53. The molecule has 176 valence electrons. The van der Waals surface area contributed by atoms with E-state index in [0.717, 1.165) is 0 Å². The first-order chi connectivity index (χ1) is 14.7. The molecule has 30 heavy (non-hydrogen) atoms. The lowest BCUT2D eigenvalue weighted by Crippen LogP contribution is -2.37. The molecule has 1 aromatic rings. The van der Waals surface area contributed by atoms with E-state index in [-0.39, 0.29) is 0 Å². The van der Waals surface area contributed by atoms with Gasteiger partial charge < -0.3 is 0 Å². The summed E-state index contributed by atoms with van der Waals surface area (Å²) in [5.41, 5.74) is 0. The molecule has 0 radical (unpaired) electrons. The maximum atomic E-state index is 2.53. The van der Waals surface area contributed by atoms with Crippen molar-refractivity contribution in [3.63, 3.8) is 0 Å². The van der Waals surface area contributed by atoms with Crippen molar-refractivity contribution in [2.24, 2.45) is 0 Å². The van der Waals surface area contributed by atoms with Crippen molar-refractivity contribution in [2.45, 2.75) is 162 Å². The van der Waals surface area contributed by atoms with Crippen LogP contribution in [0.4, 0.5) is 0 Å². The largest absolute Gasteiger partial charge is 0.256 e. The molecule has 0 saturated heterocycles. The Hall–Kier alpha value is -0.790. The fourth-order valence-corrected chi connectivity index (χ4v) is 4.58. The summed E-state index contributed by atoms with van der Waals surface area (Å²) in [6, 6.07) is 0.573. The third-order valence-corrected chi connectivity index (χ3v) is 6.60.